The van der Waals surface area contributed by atoms with Crippen LogP contribution in [-0.4, -0.2) is 35.2 Å². The van der Waals surface area contributed by atoms with E-state index in [2.05, 4.69) is 11.4 Å². The Hall–Kier alpha value is -2.05. The fourth-order valence-corrected chi connectivity index (χ4v) is 4.04. The first-order chi connectivity index (χ1) is 13.7. The summed E-state index contributed by atoms with van der Waals surface area (Å²) in [6, 6.07) is 9.12. The quantitative estimate of drug-likeness (QED) is 0.306. The minimum Gasteiger partial charge on any atom is -0.481 e. The Bertz CT molecular complexity index is 903. The summed E-state index contributed by atoms with van der Waals surface area (Å²) in [5.41, 5.74) is 5.66. The smallest absolute Gasteiger partial charge is 0.305 e. The lowest BCUT2D eigenvalue weighted by Gasteiger charge is -2.16. The summed E-state index contributed by atoms with van der Waals surface area (Å²) < 4.78 is 30.7. The molecule has 6 nitrogen and oxygen atoms in total. The normalized spacial score (nSPS) is 13.3. The Labute approximate surface area is 170 Å². The Kier molecular flexibility index (Phi) is 8.53. The van der Waals surface area contributed by atoms with Crippen molar-refractivity contribution in [1.29, 1.82) is 0 Å². The number of carboxylic acid groups (broad SMARTS) is 1. The lowest BCUT2D eigenvalue weighted by Crippen LogP contribution is -2.19. The van der Waals surface area contributed by atoms with E-state index in [-0.39, 0.29) is 18.7 Å². The van der Waals surface area contributed by atoms with E-state index < -0.39 is 26.5 Å². The predicted molar refractivity (Wildman–Crippen MR) is 111 cm³/mol. The molecule has 3 N–H and O–H groups in total. The topological polar surface area (TPSA) is 95.9 Å². The van der Waals surface area contributed by atoms with Crippen molar-refractivity contribution in [2.75, 3.05) is 12.9 Å². The highest BCUT2D eigenvalue weighted by Crippen LogP contribution is 2.29. The van der Waals surface area contributed by atoms with Crippen molar-refractivity contribution >= 4 is 14.0 Å². The van der Waals surface area contributed by atoms with Gasteiger partial charge in [-0.2, -0.15) is 0 Å². The molecule has 0 saturated heterocycles. The second kappa shape index (κ2) is 10.6. The van der Waals surface area contributed by atoms with E-state index in [1.807, 2.05) is 26.0 Å². The molecule has 29 heavy (non-hydrogen) atoms. The number of benzene rings is 2. The molecule has 0 radical (unpaired) electrons. The number of carboxylic acids is 1. The van der Waals surface area contributed by atoms with Crippen molar-refractivity contribution in [3.63, 3.8) is 0 Å². The maximum atomic E-state index is 13.7. The molecule has 0 aliphatic heterocycles. The average Bonchev–Trinajstić information content (AvgIpc) is 2.61. The summed E-state index contributed by atoms with van der Waals surface area (Å²) in [5, 5.41) is 21.2. The number of nitrogens with one attached hydrogen (secondary N) is 1. The molecule has 0 aliphatic rings. The summed E-state index contributed by atoms with van der Waals surface area (Å²) in [5.74, 6) is -1.40. The van der Waals surface area contributed by atoms with Crippen molar-refractivity contribution in [1.82, 2.24) is 5.32 Å². The van der Waals surface area contributed by atoms with Gasteiger partial charge in [0, 0.05) is 12.7 Å². The van der Waals surface area contributed by atoms with E-state index in [4.69, 9.17) is 9.63 Å². The van der Waals surface area contributed by atoms with Crippen LogP contribution in [0.25, 0.3) is 11.1 Å². The van der Waals surface area contributed by atoms with Crippen LogP contribution in [0.4, 0.5) is 4.39 Å². The Morgan fingerprint density at radius 1 is 1.21 bits per heavy atom. The molecule has 0 aliphatic carbocycles. The molecule has 0 saturated carbocycles. The van der Waals surface area contributed by atoms with Gasteiger partial charge in [0.2, 0.25) is 0 Å². The molecule has 0 heterocycles. The monoisotopic (exact) mass is 423 g/mol. The molecule has 8 heteroatoms. The van der Waals surface area contributed by atoms with Crippen LogP contribution in [0.3, 0.4) is 0 Å². The Morgan fingerprint density at radius 2 is 1.93 bits per heavy atom. The standard InChI is InChI=1S/C21H27FNO5P/c1-13-6-14(2)19(18(7-13)16-4-5-20(22)15(3)8-16)10-23-12-28-29(27)11-17(24)9-21(25)26/h4-8,17,23-24,29H,9-12H2,1-3H3,(H,25,26). The third kappa shape index (κ3) is 7.05. The summed E-state index contributed by atoms with van der Waals surface area (Å²) in [4.78, 5) is 10.5. The number of aliphatic hydroxyl groups excluding tert-OH is 1. The molecule has 0 amide bonds. The van der Waals surface area contributed by atoms with Crippen LogP contribution >= 0.6 is 8.03 Å². The molecule has 2 atom stereocenters. The second-order valence-corrected chi connectivity index (χ2v) is 8.56. The molecule has 0 bridgehead atoms. The highest BCUT2D eigenvalue weighted by atomic mass is 31.1. The zero-order valence-corrected chi connectivity index (χ0v) is 17.8. The number of hydrogen-bond donors (Lipinski definition) is 3. The predicted octanol–water partition coefficient (Wildman–Crippen LogP) is 3.79. The van der Waals surface area contributed by atoms with E-state index >= 15 is 0 Å². The van der Waals surface area contributed by atoms with Gasteiger partial charge in [-0.25, -0.2) is 4.39 Å². The van der Waals surface area contributed by atoms with Crippen LogP contribution in [0.5, 0.6) is 0 Å². The van der Waals surface area contributed by atoms with Gasteiger partial charge >= 0.3 is 5.97 Å². The summed E-state index contributed by atoms with van der Waals surface area (Å²) in [7, 11) is -2.54. The van der Waals surface area contributed by atoms with Crippen LogP contribution in [0, 0.1) is 26.6 Å². The van der Waals surface area contributed by atoms with Crippen molar-refractivity contribution in [2.24, 2.45) is 0 Å². The molecular formula is C21H27FNO5P. The van der Waals surface area contributed by atoms with Crippen LogP contribution < -0.4 is 5.32 Å². The van der Waals surface area contributed by atoms with Crippen LogP contribution in [0.15, 0.2) is 30.3 Å². The first-order valence-electron chi connectivity index (χ1n) is 9.30. The summed E-state index contributed by atoms with van der Waals surface area (Å²) in [6.07, 6.45) is -1.84. The van der Waals surface area contributed by atoms with Gasteiger partial charge in [0.15, 0.2) is 8.03 Å². The maximum absolute atomic E-state index is 13.7. The third-order valence-electron chi connectivity index (χ3n) is 4.54. The number of hydrogen-bond acceptors (Lipinski definition) is 5. The summed E-state index contributed by atoms with van der Waals surface area (Å²) in [6.45, 7) is 6.18. The van der Waals surface area contributed by atoms with Crippen LogP contribution in [0.1, 0.15) is 28.7 Å². The fourth-order valence-electron chi connectivity index (χ4n) is 3.13. The molecule has 158 valence electrons. The second-order valence-electron chi connectivity index (χ2n) is 7.12. The molecule has 0 aromatic heterocycles. The van der Waals surface area contributed by atoms with E-state index in [0.29, 0.717) is 12.1 Å². The SMILES string of the molecule is Cc1cc(C)c(CNCO[PH](=O)CC(O)CC(=O)O)c(-c2ccc(F)c(C)c2)c1. The molecule has 0 spiro atoms. The zero-order chi connectivity index (χ0) is 21.6. The average molecular weight is 423 g/mol. The third-order valence-corrected chi connectivity index (χ3v) is 5.81. The lowest BCUT2D eigenvalue weighted by atomic mass is 9.93. The first kappa shape index (κ1) is 23.2. The number of aryl methyl sites for hydroxylation is 3. The van der Waals surface area contributed by atoms with Crippen molar-refractivity contribution in [3.05, 3.63) is 58.4 Å². The van der Waals surface area contributed by atoms with Crippen molar-refractivity contribution < 1.29 is 28.5 Å². The van der Waals surface area contributed by atoms with Gasteiger partial charge in [-0.1, -0.05) is 23.8 Å². The van der Waals surface area contributed by atoms with Crippen molar-refractivity contribution in [3.8, 4) is 11.1 Å². The number of rotatable bonds is 10. The van der Waals surface area contributed by atoms with Gasteiger partial charge < -0.3 is 14.7 Å². The zero-order valence-electron chi connectivity index (χ0n) is 16.8. The number of aliphatic hydroxyl groups is 1. The maximum Gasteiger partial charge on any atom is 0.305 e. The minimum atomic E-state index is -2.54. The van der Waals surface area contributed by atoms with Gasteiger partial charge in [0.1, 0.15) is 12.5 Å². The lowest BCUT2D eigenvalue weighted by molar-refractivity contribution is -0.138. The number of aliphatic carboxylic acids is 1. The Morgan fingerprint density at radius 3 is 2.59 bits per heavy atom. The number of carbonyl (C=O) groups is 1. The van der Waals surface area contributed by atoms with E-state index in [9.17, 15) is 18.9 Å². The molecule has 0 fully saturated rings. The molecule has 2 aromatic rings. The molecule has 2 unspecified atom stereocenters. The fraction of sp³-hybridized carbons (Fsp3) is 0.381. The molecule has 2 rings (SSSR count). The molecular weight excluding hydrogens is 396 g/mol. The van der Waals surface area contributed by atoms with E-state index in [0.717, 1.165) is 27.8 Å². The van der Waals surface area contributed by atoms with Gasteiger partial charge in [0.05, 0.1) is 12.5 Å². The van der Waals surface area contributed by atoms with Crippen LogP contribution in [-0.2, 0) is 20.4 Å². The first-order valence-corrected chi connectivity index (χ1v) is 10.8. The minimum absolute atomic E-state index is 0.00674. The van der Waals surface area contributed by atoms with Crippen LogP contribution in [0.2, 0.25) is 0 Å². The van der Waals surface area contributed by atoms with Gasteiger partial charge in [-0.3, -0.25) is 14.7 Å². The van der Waals surface area contributed by atoms with Gasteiger partial charge in [-0.15, -0.1) is 0 Å². The van der Waals surface area contributed by atoms with Gasteiger partial charge in [-0.05, 0) is 60.7 Å². The highest BCUT2D eigenvalue weighted by molar-refractivity contribution is 7.39. The summed E-state index contributed by atoms with van der Waals surface area (Å²) >= 11 is 0. The Balaban J connectivity index is 2.03. The van der Waals surface area contributed by atoms with Gasteiger partial charge in [0.25, 0.3) is 0 Å². The largest absolute Gasteiger partial charge is 0.481 e. The molecule has 2 aromatic carbocycles. The number of halogens is 1. The highest BCUT2D eigenvalue weighted by Gasteiger charge is 2.14. The van der Waals surface area contributed by atoms with Crippen molar-refractivity contribution in [2.45, 2.75) is 39.8 Å². The van der Waals surface area contributed by atoms with E-state index in [1.54, 1.807) is 13.0 Å². The van der Waals surface area contributed by atoms with E-state index in [1.165, 1.54) is 6.07 Å².